The number of fused-ring (bicyclic) bond motifs is 1. The highest BCUT2D eigenvalue weighted by molar-refractivity contribution is 6.99. The van der Waals surface area contributed by atoms with Crippen molar-refractivity contribution in [2.24, 2.45) is 0 Å². The molecule has 5 aromatic rings. The van der Waals surface area contributed by atoms with Crippen LogP contribution >= 0.6 is 0 Å². The first-order valence-electron chi connectivity index (χ1n) is 16.9. The molecule has 6 rings (SSSR count). The van der Waals surface area contributed by atoms with Crippen molar-refractivity contribution in [3.8, 4) is 5.88 Å². The van der Waals surface area contributed by atoms with E-state index in [1.807, 2.05) is 34.1 Å². The first-order chi connectivity index (χ1) is 24.7. The van der Waals surface area contributed by atoms with Crippen LogP contribution in [0, 0.1) is 0 Å². The Labute approximate surface area is 301 Å². The third kappa shape index (κ3) is 7.97. The average Bonchev–Trinajstić information content (AvgIpc) is 3.68. The number of nitrogens with two attached hydrogens (primary N) is 1. The lowest BCUT2D eigenvalue weighted by molar-refractivity contribution is -0.173. The molecule has 2 unspecified atom stereocenters. The van der Waals surface area contributed by atoms with Gasteiger partial charge in [-0.3, -0.25) is 9.63 Å². The van der Waals surface area contributed by atoms with Crippen molar-refractivity contribution in [1.29, 1.82) is 0 Å². The van der Waals surface area contributed by atoms with E-state index in [-0.39, 0.29) is 42.2 Å². The Balaban J connectivity index is 1.12. The van der Waals surface area contributed by atoms with Crippen LogP contribution in [-0.4, -0.2) is 70.8 Å². The van der Waals surface area contributed by atoms with Crippen LogP contribution in [0.2, 0.25) is 5.04 Å². The van der Waals surface area contributed by atoms with Gasteiger partial charge in [-0.05, 0) is 33.0 Å². The molecule has 3 heterocycles. The lowest BCUT2D eigenvalue weighted by atomic mass is 10.1. The monoisotopic (exact) mass is 733 g/mol. The second kappa shape index (κ2) is 15.0. The zero-order valence-corrected chi connectivity index (χ0v) is 30.4. The van der Waals surface area contributed by atoms with Crippen molar-refractivity contribution >= 4 is 41.7 Å². The van der Waals surface area contributed by atoms with E-state index in [4.69, 9.17) is 19.7 Å². The van der Waals surface area contributed by atoms with Crippen LogP contribution in [0.1, 0.15) is 38.3 Å². The Kier molecular flexibility index (Phi) is 10.7. The Morgan fingerprint density at radius 1 is 0.962 bits per heavy atom. The fourth-order valence-corrected chi connectivity index (χ4v) is 11.3. The topological polar surface area (TPSA) is 130 Å². The smallest absolute Gasteiger partial charge is 0.471 e. The summed E-state index contributed by atoms with van der Waals surface area (Å²) in [6, 6.07) is 27.7. The summed E-state index contributed by atoms with van der Waals surface area (Å²) in [5.41, 5.74) is 8.24. The van der Waals surface area contributed by atoms with Crippen molar-refractivity contribution in [3.63, 3.8) is 0 Å². The van der Waals surface area contributed by atoms with Crippen molar-refractivity contribution < 1.29 is 32.0 Å². The minimum Gasteiger partial charge on any atom is -0.471 e. The lowest BCUT2D eigenvalue weighted by Crippen LogP contribution is -2.67. The SMILES string of the molecule is CN1OC(Cn2cnc3c(OCc4ccc(CNC(=O)C(F)(F)F)cc4)nc(N)nc32)CC1CO[Si](c1ccccc1)(c1ccccc1)C(C)(C)C. The first-order valence-corrected chi connectivity index (χ1v) is 18.8. The van der Waals surface area contributed by atoms with Crippen molar-refractivity contribution in [2.45, 2.75) is 70.2 Å². The van der Waals surface area contributed by atoms with E-state index >= 15 is 0 Å². The van der Waals surface area contributed by atoms with Crippen molar-refractivity contribution in [2.75, 3.05) is 19.4 Å². The normalized spacial score (nSPS) is 17.1. The highest BCUT2D eigenvalue weighted by atomic mass is 28.4. The number of carbonyl (C=O) groups is 1. The first kappa shape index (κ1) is 36.9. The lowest BCUT2D eigenvalue weighted by Gasteiger charge is -2.43. The van der Waals surface area contributed by atoms with E-state index in [2.05, 4.69) is 84.3 Å². The summed E-state index contributed by atoms with van der Waals surface area (Å²) < 4.78 is 52.5. The number of imidazole rings is 1. The van der Waals surface area contributed by atoms with Gasteiger partial charge in [0, 0.05) is 13.6 Å². The fraction of sp³-hybridized carbons (Fsp3) is 0.351. The number of anilines is 1. The van der Waals surface area contributed by atoms with Crippen LogP contribution < -0.4 is 26.2 Å². The van der Waals surface area contributed by atoms with Gasteiger partial charge in [-0.25, -0.2) is 4.98 Å². The molecule has 0 radical (unpaired) electrons. The molecular formula is C37H42F3N7O4Si. The molecule has 15 heteroatoms. The summed E-state index contributed by atoms with van der Waals surface area (Å²) in [4.78, 5) is 30.6. The molecule has 274 valence electrons. The third-order valence-corrected chi connectivity index (χ3v) is 14.2. The van der Waals surface area contributed by atoms with E-state index < -0.39 is 20.4 Å². The molecule has 0 saturated carbocycles. The van der Waals surface area contributed by atoms with Crippen molar-refractivity contribution in [3.05, 3.63) is 102 Å². The molecule has 2 aromatic heterocycles. The molecule has 1 aliphatic rings. The van der Waals surface area contributed by atoms with Gasteiger partial charge in [0.05, 0.1) is 31.6 Å². The summed E-state index contributed by atoms with van der Waals surface area (Å²) in [5, 5.41) is 6.03. The molecule has 0 spiro atoms. The van der Waals surface area contributed by atoms with Crippen LogP contribution in [0.25, 0.3) is 11.2 Å². The molecule has 52 heavy (non-hydrogen) atoms. The van der Waals surface area contributed by atoms with Gasteiger partial charge in [0.1, 0.15) is 6.61 Å². The molecule has 1 saturated heterocycles. The van der Waals surface area contributed by atoms with Crippen molar-refractivity contribution in [1.82, 2.24) is 29.9 Å². The number of nitrogen functional groups attached to an aromatic ring is 1. The van der Waals surface area contributed by atoms with E-state index in [1.54, 1.807) is 30.6 Å². The number of hydrogen-bond donors (Lipinski definition) is 2. The van der Waals surface area contributed by atoms with Crippen LogP contribution in [0.3, 0.4) is 0 Å². The second-order valence-electron chi connectivity index (χ2n) is 13.9. The third-order valence-electron chi connectivity index (χ3n) is 9.23. The maximum atomic E-state index is 12.5. The highest BCUT2D eigenvalue weighted by Gasteiger charge is 2.51. The number of hydroxylamine groups is 2. The predicted octanol–water partition coefficient (Wildman–Crippen LogP) is 4.75. The number of amides is 1. The van der Waals surface area contributed by atoms with E-state index in [0.29, 0.717) is 36.3 Å². The molecule has 3 N–H and O–H groups in total. The summed E-state index contributed by atoms with van der Waals surface area (Å²) >= 11 is 0. The van der Waals surface area contributed by atoms with Gasteiger partial charge in [-0.15, -0.1) is 0 Å². The predicted molar refractivity (Wildman–Crippen MR) is 193 cm³/mol. The van der Waals surface area contributed by atoms with Gasteiger partial charge in [0.15, 0.2) is 11.2 Å². The Morgan fingerprint density at radius 2 is 1.58 bits per heavy atom. The maximum Gasteiger partial charge on any atom is 0.471 e. The molecule has 0 aliphatic carbocycles. The minimum absolute atomic E-state index is 0.00678. The number of hydrogen-bond acceptors (Lipinski definition) is 9. The highest BCUT2D eigenvalue weighted by Crippen LogP contribution is 2.37. The molecule has 3 aromatic carbocycles. The molecule has 2 atom stereocenters. The summed E-state index contributed by atoms with van der Waals surface area (Å²) in [6.07, 6.45) is -2.75. The number of alkyl halides is 3. The van der Waals surface area contributed by atoms with Gasteiger partial charge in [-0.1, -0.05) is 106 Å². The molecule has 1 aliphatic heterocycles. The van der Waals surface area contributed by atoms with E-state index in [1.165, 1.54) is 10.4 Å². The Bertz CT molecular complexity index is 1930. The van der Waals surface area contributed by atoms with Crippen LogP contribution in [0.15, 0.2) is 91.3 Å². The Morgan fingerprint density at radius 3 is 2.17 bits per heavy atom. The van der Waals surface area contributed by atoms with Crippen LogP contribution in [-0.2, 0) is 33.8 Å². The van der Waals surface area contributed by atoms with Crippen LogP contribution in [0.4, 0.5) is 19.1 Å². The number of benzene rings is 3. The number of aromatic nitrogens is 4. The largest absolute Gasteiger partial charge is 0.471 e. The van der Waals surface area contributed by atoms with E-state index in [0.717, 1.165) is 5.56 Å². The molecule has 1 amide bonds. The molecule has 11 nitrogen and oxygen atoms in total. The van der Waals surface area contributed by atoms with Gasteiger partial charge in [0.2, 0.25) is 11.8 Å². The number of nitrogens with one attached hydrogen (secondary N) is 1. The minimum atomic E-state index is -4.93. The standard InChI is InChI=1S/C37H42F3N7O4Si/c1-36(2,3)52(29-11-7-5-8-12-29,30-13-9-6-10-14-30)50-23-27-19-28(51-46(27)4)21-47-24-43-31-32(47)44-35(41)45-33(31)49-22-26-17-15-25(16-18-26)20-42-34(48)37(38,39)40/h5-18,24,27-28H,19-23H2,1-4H3,(H,42,48)(H2,41,44,45). The van der Waals surface area contributed by atoms with Crippen LogP contribution in [0.5, 0.6) is 5.88 Å². The summed E-state index contributed by atoms with van der Waals surface area (Å²) in [5.74, 6) is -1.78. The zero-order valence-electron chi connectivity index (χ0n) is 29.4. The number of nitrogens with zero attached hydrogens (tertiary/aromatic N) is 5. The number of likely N-dealkylation sites (N-methyl/N-ethyl adjacent to an activating group) is 1. The number of rotatable bonds is 12. The van der Waals surface area contributed by atoms with E-state index in [9.17, 15) is 18.0 Å². The maximum absolute atomic E-state index is 12.5. The zero-order chi connectivity index (χ0) is 37.1. The average molecular weight is 734 g/mol. The molecular weight excluding hydrogens is 692 g/mol. The quantitative estimate of drug-likeness (QED) is 0.175. The number of ether oxygens (including phenoxy) is 1. The summed E-state index contributed by atoms with van der Waals surface area (Å²) in [7, 11) is -0.792. The van der Waals surface area contributed by atoms with Gasteiger partial charge in [0.25, 0.3) is 8.32 Å². The number of carbonyl (C=O) groups excluding carboxylic acids is 1. The molecule has 1 fully saturated rings. The summed E-state index contributed by atoms with van der Waals surface area (Å²) in [6.45, 7) is 7.57. The fourth-order valence-electron chi connectivity index (χ4n) is 6.66. The van der Waals surface area contributed by atoms with Gasteiger partial charge in [-0.2, -0.15) is 28.2 Å². The van der Waals surface area contributed by atoms with Gasteiger partial charge < -0.3 is 24.8 Å². The molecule has 0 bridgehead atoms. The second-order valence-corrected chi connectivity index (χ2v) is 18.2. The number of halogens is 3. The Hall–Kier alpha value is -4.83. The van der Waals surface area contributed by atoms with Gasteiger partial charge >= 0.3 is 12.1 Å².